The molecule has 0 unspecified atom stereocenters. The molecule has 0 spiro atoms. The largest absolute Gasteiger partial charge is 0.370 e. The average Bonchev–Trinajstić information content (AvgIpc) is 3.12. The molecule has 1 fully saturated rings. The molecule has 134 valence electrons. The molecule has 3 N–H and O–H groups in total. The van der Waals surface area contributed by atoms with Gasteiger partial charge >= 0.3 is 6.03 Å². The van der Waals surface area contributed by atoms with Gasteiger partial charge in [-0.25, -0.2) is 4.79 Å². The molecule has 25 heavy (non-hydrogen) atoms. The number of carbonyl (C=O) groups is 1. The Morgan fingerprint density at radius 1 is 1.24 bits per heavy atom. The predicted octanol–water partition coefficient (Wildman–Crippen LogP) is 2.57. The number of morpholine rings is 1. The van der Waals surface area contributed by atoms with E-state index in [0.717, 1.165) is 32.0 Å². The van der Waals surface area contributed by atoms with Crippen LogP contribution in [0.4, 0.5) is 10.5 Å². The van der Waals surface area contributed by atoms with Gasteiger partial charge in [0.05, 0.1) is 24.1 Å². The molecule has 1 saturated heterocycles. The zero-order valence-electron chi connectivity index (χ0n) is 14.1. The van der Waals surface area contributed by atoms with Crippen LogP contribution in [0.25, 0.3) is 0 Å². The number of hydrogen-bond acceptors (Lipinski definition) is 3. The fraction of sp³-hybridized carbons (Fsp3) is 0.389. The smallest absolute Gasteiger partial charge is 0.319 e. The SMILES string of the molecule is C[C@H](NC(=O)Nc1ccc(Cl)cc1)[C@H](c1cccs1)[NH+]1CCOCC1. The van der Waals surface area contributed by atoms with E-state index in [-0.39, 0.29) is 18.1 Å². The quantitative estimate of drug-likeness (QED) is 0.746. The van der Waals surface area contributed by atoms with Crippen molar-refractivity contribution in [3.63, 3.8) is 0 Å². The van der Waals surface area contributed by atoms with Gasteiger partial charge in [0.15, 0.2) is 0 Å². The van der Waals surface area contributed by atoms with Crippen LogP contribution in [0.1, 0.15) is 17.8 Å². The van der Waals surface area contributed by atoms with Gasteiger partial charge in [0, 0.05) is 10.7 Å². The molecule has 1 aromatic carbocycles. The molecule has 1 aliphatic heterocycles. The number of benzene rings is 1. The summed E-state index contributed by atoms with van der Waals surface area (Å²) in [6.07, 6.45) is 0. The summed E-state index contributed by atoms with van der Waals surface area (Å²) in [6, 6.07) is 11.3. The summed E-state index contributed by atoms with van der Waals surface area (Å²) in [6.45, 7) is 5.50. The maximum absolute atomic E-state index is 12.4. The number of ether oxygens (including phenoxy) is 1. The third-order valence-corrected chi connectivity index (χ3v) is 5.59. The van der Waals surface area contributed by atoms with E-state index in [1.807, 2.05) is 0 Å². The second kappa shape index (κ2) is 8.67. The van der Waals surface area contributed by atoms with E-state index < -0.39 is 0 Å². The van der Waals surface area contributed by atoms with Gasteiger partial charge in [-0.15, -0.1) is 11.3 Å². The highest BCUT2D eigenvalue weighted by Crippen LogP contribution is 2.20. The van der Waals surface area contributed by atoms with E-state index in [9.17, 15) is 4.79 Å². The Bertz CT molecular complexity index is 672. The molecule has 5 nitrogen and oxygen atoms in total. The average molecular weight is 381 g/mol. The zero-order valence-corrected chi connectivity index (χ0v) is 15.7. The molecule has 2 heterocycles. The summed E-state index contributed by atoms with van der Waals surface area (Å²) < 4.78 is 5.49. The minimum absolute atomic E-state index is 0.000879. The second-order valence-electron chi connectivity index (χ2n) is 6.16. The van der Waals surface area contributed by atoms with Gasteiger partial charge in [-0.2, -0.15) is 0 Å². The Kier molecular flexibility index (Phi) is 6.31. The predicted molar refractivity (Wildman–Crippen MR) is 102 cm³/mol. The lowest BCUT2D eigenvalue weighted by molar-refractivity contribution is -0.939. The standard InChI is InChI=1S/C18H22ClN3O2S/c1-13(20-18(23)21-15-6-4-14(19)5-7-15)17(16-3-2-12-25-16)22-8-10-24-11-9-22/h2-7,12-13,17H,8-11H2,1H3,(H2,20,21,23)/p+1/t13-,17+/m0/s1. The third-order valence-electron chi connectivity index (χ3n) is 4.39. The number of halogens is 1. The lowest BCUT2D eigenvalue weighted by Gasteiger charge is -2.34. The van der Waals surface area contributed by atoms with Crippen LogP contribution in [-0.4, -0.2) is 38.4 Å². The number of thiophene rings is 1. The van der Waals surface area contributed by atoms with Crippen molar-refractivity contribution < 1.29 is 14.4 Å². The fourth-order valence-corrected chi connectivity index (χ4v) is 4.32. The molecule has 3 rings (SSSR count). The van der Waals surface area contributed by atoms with Crippen molar-refractivity contribution in [2.75, 3.05) is 31.6 Å². The topological polar surface area (TPSA) is 54.8 Å². The van der Waals surface area contributed by atoms with E-state index >= 15 is 0 Å². The Labute approximate surface area is 156 Å². The lowest BCUT2D eigenvalue weighted by Crippen LogP contribution is -3.15. The maximum Gasteiger partial charge on any atom is 0.319 e. The van der Waals surface area contributed by atoms with Crippen molar-refractivity contribution in [2.45, 2.75) is 19.0 Å². The number of carbonyl (C=O) groups excluding carboxylic acids is 1. The molecule has 0 saturated carbocycles. The van der Waals surface area contributed by atoms with Gasteiger partial charge in [-0.3, -0.25) is 0 Å². The van der Waals surface area contributed by atoms with Crippen molar-refractivity contribution in [3.05, 3.63) is 51.7 Å². The fourth-order valence-electron chi connectivity index (χ4n) is 3.20. The first kappa shape index (κ1) is 18.2. The van der Waals surface area contributed by atoms with Crippen molar-refractivity contribution >= 4 is 34.7 Å². The van der Waals surface area contributed by atoms with Gasteiger partial charge in [-0.05, 0) is 42.6 Å². The van der Waals surface area contributed by atoms with Crippen LogP contribution < -0.4 is 15.5 Å². The van der Waals surface area contributed by atoms with Gasteiger partial charge in [-0.1, -0.05) is 17.7 Å². The molecule has 1 aromatic heterocycles. The monoisotopic (exact) mass is 380 g/mol. The summed E-state index contributed by atoms with van der Waals surface area (Å²) in [5.41, 5.74) is 0.723. The van der Waals surface area contributed by atoms with E-state index in [0.29, 0.717) is 5.02 Å². The maximum atomic E-state index is 12.4. The molecule has 0 aliphatic carbocycles. The first-order valence-electron chi connectivity index (χ1n) is 8.42. The van der Waals surface area contributed by atoms with E-state index in [4.69, 9.17) is 16.3 Å². The molecular formula is C18H23ClN3O2S+. The van der Waals surface area contributed by atoms with Gasteiger partial charge in [0.2, 0.25) is 0 Å². The molecular weight excluding hydrogens is 358 g/mol. The molecule has 0 bridgehead atoms. The van der Waals surface area contributed by atoms with Crippen molar-refractivity contribution in [1.82, 2.24) is 5.32 Å². The van der Waals surface area contributed by atoms with E-state index in [2.05, 4.69) is 35.1 Å². The minimum atomic E-state index is -0.205. The highest BCUT2D eigenvalue weighted by molar-refractivity contribution is 7.10. The summed E-state index contributed by atoms with van der Waals surface area (Å²) in [5, 5.41) is 8.69. The molecule has 1 aliphatic rings. The van der Waals surface area contributed by atoms with Gasteiger partial charge < -0.3 is 20.3 Å². The first-order valence-corrected chi connectivity index (χ1v) is 9.68. The lowest BCUT2D eigenvalue weighted by atomic mass is 10.1. The van der Waals surface area contributed by atoms with Crippen LogP contribution in [0.15, 0.2) is 41.8 Å². The molecule has 0 radical (unpaired) electrons. The number of hydrogen-bond donors (Lipinski definition) is 3. The van der Waals surface area contributed by atoms with Crippen molar-refractivity contribution in [1.29, 1.82) is 0 Å². The highest BCUT2D eigenvalue weighted by Gasteiger charge is 2.33. The Morgan fingerprint density at radius 2 is 1.96 bits per heavy atom. The summed E-state index contributed by atoms with van der Waals surface area (Å²) in [5.74, 6) is 0. The summed E-state index contributed by atoms with van der Waals surface area (Å²) in [7, 11) is 0. The Morgan fingerprint density at radius 3 is 2.60 bits per heavy atom. The van der Waals surface area contributed by atoms with Gasteiger partial charge in [0.1, 0.15) is 19.1 Å². The first-order chi connectivity index (χ1) is 12.1. The number of nitrogens with one attached hydrogen (secondary N) is 3. The van der Waals surface area contributed by atoms with Crippen LogP contribution in [0.5, 0.6) is 0 Å². The van der Waals surface area contributed by atoms with Crippen LogP contribution in [0.2, 0.25) is 5.02 Å². The number of anilines is 1. The molecule has 2 aromatic rings. The molecule has 7 heteroatoms. The number of quaternary nitrogens is 1. The van der Waals surface area contributed by atoms with Crippen LogP contribution in [-0.2, 0) is 4.74 Å². The van der Waals surface area contributed by atoms with Crippen LogP contribution in [0.3, 0.4) is 0 Å². The van der Waals surface area contributed by atoms with Crippen molar-refractivity contribution in [2.24, 2.45) is 0 Å². The molecule has 2 amide bonds. The Hall–Kier alpha value is -1.60. The number of urea groups is 1. The summed E-state index contributed by atoms with van der Waals surface area (Å²) in [4.78, 5) is 15.1. The van der Waals surface area contributed by atoms with Gasteiger partial charge in [0.25, 0.3) is 0 Å². The van der Waals surface area contributed by atoms with Crippen molar-refractivity contribution in [3.8, 4) is 0 Å². The zero-order chi connectivity index (χ0) is 17.6. The summed E-state index contributed by atoms with van der Waals surface area (Å²) >= 11 is 7.61. The van der Waals surface area contributed by atoms with E-state index in [1.54, 1.807) is 35.6 Å². The Balaban J connectivity index is 1.66. The third kappa shape index (κ3) is 4.95. The molecule has 2 atom stereocenters. The number of amides is 2. The van der Waals surface area contributed by atoms with Crippen LogP contribution in [0, 0.1) is 0 Å². The minimum Gasteiger partial charge on any atom is -0.370 e. The highest BCUT2D eigenvalue weighted by atomic mass is 35.5. The van der Waals surface area contributed by atoms with E-state index in [1.165, 1.54) is 9.78 Å². The van der Waals surface area contributed by atoms with Crippen LogP contribution >= 0.6 is 22.9 Å². The normalized spacial score (nSPS) is 17.7. The second-order valence-corrected chi connectivity index (χ2v) is 7.57. The number of rotatable bonds is 5.